The minimum Gasteiger partial charge on any atom is -0.378 e. The number of nitrogens with zero attached hydrogens (tertiary/aromatic N) is 3. The number of fused-ring (bicyclic) bond motifs is 3. The van der Waals surface area contributed by atoms with Crippen molar-refractivity contribution in [2.45, 2.75) is 19.5 Å². The van der Waals surface area contributed by atoms with Crippen molar-refractivity contribution in [1.82, 2.24) is 14.3 Å². The summed E-state index contributed by atoms with van der Waals surface area (Å²) < 4.78 is 17.1. The Morgan fingerprint density at radius 2 is 1.80 bits per heavy atom. The maximum Gasteiger partial charge on any atom is 0.275 e. The minimum absolute atomic E-state index is 0.123. The Kier molecular flexibility index (Phi) is 5.27. The van der Waals surface area contributed by atoms with Crippen molar-refractivity contribution >= 4 is 28.1 Å². The number of rotatable bonds is 6. The zero-order valence-electron chi connectivity index (χ0n) is 16.9. The fourth-order valence-electron chi connectivity index (χ4n) is 3.57. The number of benzene rings is 2. The molecule has 2 aromatic carbocycles. The molecular weight excluding hydrogens is 383 g/mol. The molecule has 0 bridgehead atoms. The Bertz CT molecular complexity index is 1270. The summed E-state index contributed by atoms with van der Waals surface area (Å²) in [5.41, 5.74) is 3.52. The zero-order valence-corrected chi connectivity index (χ0v) is 16.9. The average molecular weight is 406 g/mol. The van der Waals surface area contributed by atoms with E-state index < -0.39 is 5.82 Å². The van der Waals surface area contributed by atoms with Gasteiger partial charge in [0.2, 0.25) is 5.91 Å². The van der Waals surface area contributed by atoms with Crippen LogP contribution in [0.3, 0.4) is 0 Å². The molecule has 0 atom stereocenters. The van der Waals surface area contributed by atoms with Gasteiger partial charge in [-0.15, -0.1) is 0 Å². The van der Waals surface area contributed by atoms with E-state index in [-0.39, 0.29) is 24.4 Å². The van der Waals surface area contributed by atoms with Gasteiger partial charge in [-0.3, -0.25) is 9.59 Å². The topological polar surface area (TPSA) is 58.8 Å². The molecule has 4 aromatic rings. The molecule has 2 heterocycles. The first-order valence-electron chi connectivity index (χ1n) is 9.76. The number of aromatic nitrogens is 2. The van der Waals surface area contributed by atoms with E-state index in [9.17, 15) is 14.0 Å². The van der Waals surface area contributed by atoms with Gasteiger partial charge in [-0.05, 0) is 48.0 Å². The molecule has 0 saturated heterocycles. The Hall–Kier alpha value is -3.61. The molecule has 0 unspecified atom stereocenters. The van der Waals surface area contributed by atoms with Crippen LogP contribution in [0.4, 0.5) is 10.1 Å². The lowest BCUT2D eigenvalue weighted by Gasteiger charge is -2.14. The first-order valence-corrected chi connectivity index (χ1v) is 9.76. The Balaban J connectivity index is 1.50. The van der Waals surface area contributed by atoms with Crippen molar-refractivity contribution < 1.29 is 9.18 Å². The van der Waals surface area contributed by atoms with Crippen LogP contribution >= 0.6 is 0 Å². The Morgan fingerprint density at radius 1 is 1.03 bits per heavy atom. The zero-order chi connectivity index (χ0) is 21.3. The predicted octanol–water partition coefficient (Wildman–Crippen LogP) is 3.17. The van der Waals surface area contributed by atoms with E-state index in [0.29, 0.717) is 17.6 Å². The highest BCUT2D eigenvalue weighted by Gasteiger charge is 2.12. The number of anilines is 1. The van der Waals surface area contributed by atoms with E-state index >= 15 is 0 Å². The summed E-state index contributed by atoms with van der Waals surface area (Å²) in [5, 5.41) is 2.88. The third-order valence-electron chi connectivity index (χ3n) is 5.21. The number of carbonyl (C=O) groups is 1. The number of nitrogens with one attached hydrogen (secondary N) is 1. The van der Waals surface area contributed by atoms with Gasteiger partial charge < -0.3 is 19.2 Å². The average Bonchev–Trinajstić information content (AvgIpc) is 3.22. The lowest BCUT2D eigenvalue weighted by Crippen LogP contribution is -2.28. The lowest BCUT2D eigenvalue weighted by molar-refractivity contribution is -0.121. The lowest BCUT2D eigenvalue weighted by atomic mass is 10.2. The highest BCUT2D eigenvalue weighted by atomic mass is 19.1. The second kappa shape index (κ2) is 8.02. The molecule has 0 aliphatic rings. The molecule has 4 rings (SSSR count). The number of aryl methyl sites for hydroxylation is 1. The SMILES string of the molecule is CN(C)c1ccc(CNC(=O)CCn2c(=O)c3cccn3c3ccc(F)cc32)cc1. The normalized spacial score (nSPS) is 11.2. The maximum atomic E-state index is 13.9. The highest BCUT2D eigenvalue weighted by molar-refractivity contribution is 5.80. The van der Waals surface area contributed by atoms with Crippen LogP contribution in [-0.2, 0) is 17.9 Å². The molecule has 0 saturated carbocycles. The number of amides is 1. The monoisotopic (exact) mass is 406 g/mol. The molecule has 6 nitrogen and oxygen atoms in total. The smallest absolute Gasteiger partial charge is 0.275 e. The third-order valence-corrected chi connectivity index (χ3v) is 5.21. The molecule has 2 aromatic heterocycles. The van der Waals surface area contributed by atoms with Gasteiger partial charge in [-0.2, -0.15) is 0 Å². The Labute approximate surface area is 173 Å². The molecule has 0 fully saturated rings. The van der Waals surface area contributed by atoms with E-state index in [1.807, 2.05) is 43.3 Å². The van der Waals surface area contributed by atoms with Crippen molar-refractivity contribution in [3.05, 3.63) is 82.5 Å². The van der Waals surface area contributed by atoms with Crippen LogP contribution in [-0.4, -0.2) is 29.0 Å². The molecule has 1 amide bonds. The van der Waals surface area contributed by atoms with E-state index in [0.717, 1.165) is 16.8 Å². The molecular formula is C23H23FN4O2. The summed E-state index contributed by atoms with van der Waals surface area (Å²) in [6, 6.07) is 15.8. The van der Waals surface area contributed by atoms with E-state index in [1.165, 1.54) is 16.7 Å². The molecule has 154 valence electrons. The van der Waals surface area contributed by atoms with Crippen LogP contribution in [0, 0.1) is 5.82 Å². The van der Waals surface area contributed by atoms with Gasteiger partial charge in [-0.25, -0.2) is 4.39 Å². The fourth-order valence-corrected chi connectivity index (χ4v) is 3.57. The van der Waals surface area contributed by atoms with Crippen LogP contribution in [0.25, 0.3) is 16.6 Å². The molecule has 0 spiro atoms. The van der Waals surface area contributed by atoms with Crippen molar-refractivity contribution in [1.29, 1.82) is 0 Å². The van der Waals surface area contributed by atoms with Gasteiger partial charge >= 0.3 is 0 Å². The van der Waals surface area contributed by atoms with Crippen LogP contribution < -0.4 is 15.8 Å². The van der Waals surface area contributed by atoms with E-state index in [4.69, 9.17) is 0 Å². The van der Waals surface area contributed by atoms with E-state index in [1.54, 1.807) is 28.8 Å². The van der Waals surface area contributed by atoms with Gasteiger partial charge in [-0.1, -0.05) is 12.1 Å². The molecule has 30 heavy (non-hydrogen) atoms. The number of hydrogen-bond donors (Lipinski definition) is 1. The second-order valence-corrected chi connectivity index (χ2v) is 7.44. The third kappa shape index (κ3) is 3.78. The molecule has 7 heteroatoms. The maximum absolute atomic E-state index is 13.9. The summed E-state index contributed by atoms with van der Waals surface area (Å²) in [5.74, 6) is -0.592. The Morgan fingerprint density at radius 3 is 2.53 bits per heavy atom. The first-order chi connectivity index (χ1) is 14.4. The standard InChI is InChI=1S/C23H23FN4O2/c1-26(2)18-8-5-16(6-9-18)15-25-22(29)11-13-28-21-14-17(24)7-10-19(21)27-12-3-4-20(27)23(28)30/h3-10,12,14H,11,13,15H2,1-2H3,(H,25,29). The van der Waals surface area contributed by atoms with Crippen molar-refractivity contribution in [2.75, 3.05) is 19.0 Å². The van der Waals surface area contributed by atoms with Crippen LogP contribution in [0.2, 0.25) is 0 Å². The second-order valence-electron chi connectivity index (χ2n) is 7.44. The van der Waals surface area contributed by atoms with Crippen molar-refractivity contribution in [2.24, 2.45) is 0 Å². The predicted molar refractivity (Wildman–Crippen MR) is 116 cm³/mol. The van der Waals surface area contributed by atoms with Gasteiger partial charge in [0.15, 0.2) is 0 Å². The molecule has 1 N–H and O–H groups in total. The summed E-state index contributed by atoms with van der Waals surface area (Å²) >= 11 is 0. The number of halogens is 1. The summed E-state index contributed by atoms with van der Waals surface area (Å²) in [7, 11) is 3.94. The van der Waals surface area contributed by atoms with Gasteiger partial charge in [0.1, 0.15) is 11.3 Å². The summed E-state index contributed by atoms with van der Waals surface area (Å²) in [4.78, 5) is 27.3. The molecule has 0 radical (unpaired) electrons. The highest BCUT2D eigenvalue weighted by Crippen LogP contribution is 2.17. The minimum atomic E-state index is -0.423. The van der Waals surface area contributed by atoms with Crippen LogP contribution in [0.1, 0.15) is 12.0 Å². The summed E-state index contributed by atoms with van der Waals surface area (Å²) in [6.45, 7) is 0.584. The first kappa shape index (κ1) is 19.7. The van der Waals surface area contributed by atoms with Gasteiger partial charge in [0.05, 0.1) is 11.0 Å². The quantitative estimate of drug-likeness (QED) is 0.535. The van der Waals surface area contributed by atoms with Crippen LogP contribution in [0.15, 0.2) is 65.6 Å². The molecule has 0 aliphatic carbocycles. The number of hydrogen-bond acceptors (Lipinski definition) is 3. The summed E-state index contributed by atoms with van der Waals surface area (Å²) in [6.07, 6.45) is 1.90. The fraction of sp³-hybridized carbons (Fsp3) is 0.217. The molecule has 0 aliphatic heterocycles. The van der Waals surface area contributed by atoms with Gasteiger partial charge in [0, 0.05) is 45.5 Å². The van der Waals surface area contributed by atoms with Crippen LogP contribution in [0.5, 0.6) is 0 Å². The number of carbonyl (C=O) groups excluding carboxylic acids is 1. The van der Waals surface area contributed by atoms with Crippen molar-refractivity contribution in [3.8, 4) is 0 Å². The van der Waals surface area contributed by atoms with Gasteiger partial charge in [0.25, 0.3) is 5.56 Å². The van der Waals surface area contributed by atoms with E-state index in [2.05, 4.69) is 5.32 Å². The van der Waals surface area contributed by atoms with Crippen molar-refractivity contribution in [3.63, 3.8) is 0 Å². The largest absolute Gasteiger partial charge is 0.378 e.